The van der Waals surface area contributed by atoms with E-state index in [-0.39, 0.29) is 11.9 Å². The van der Waals surface area contributed by atoms with E-state index in [1.807, 2.05) is 25.1 Å². The molecule has 4 rings (SSSR count). The number of carbonyl (C=O) groups is 1. The smallest absolute Gasteiger partial charge is 0.274 e. The number of nitrogens with zero attached hydrogens (tertiary/aromatic N) is 6. The lowest BCUT2D eigenvalue weighted by Crippen LogP contribution is -2.42. The lowest BCUT2D eigenvalue weighted by Gasteiger charge is -2.34. The third-order valence-corrected chi connectivity index (χ3v) is 4.65. The quantitative estimate of drug-likeness (QED) is 0.687. The number of carbonyl (C=O) groups excluding carboxylic acids is 1. The molecule has 0 saturated carbocycles. The summed E-state index contributed by atoms with van der Waals surface area (Å²) >= 11 is 0. The van der Waals surface area contributed by atoms with E-state index in [0.717, 1.165) is 17.1 Å². The molecule has 0 fully saturated rings. The Morgan fingerprint density at radius 3 is 3.00 bits per heavy atom. The molecule has 3 aromatic heterocycles. The highest BCUT2D eigenvalue weighted by molar-refractivity contribution is 5.92. The largest absolute Gasteiger partial charge is 0.373 e. The third-order valence-electron chi connectivity index (χ3n) is 4.65. The average molecular weight is 366 g/mol. The molecular weight excluding hydrogens is 344 g/mol. The Kier molecular flexibility index (Phi) is 4.72. The molecule has 0 spiro atoms. The van der Waals surface area contributed by atoms with E-state index in [1.165, 1.54) is 0 Å². The van der Waals surface area contributed by atoms with Gasteiger partial charge < -0.3 is 14.2 Å². The number of ether oxygens (including phenoxy) is 1. The lowest BCUT2D eigenvalue weighted by atomic mass is 10.2. The minimum atomic E-state index is -0.0756. The molecule has 0 aromatic carbocycles. The van der Waals surface area contributed by atoms with Crippen molar-refractivity contribution in [2.45, 2.75) is 26.1 Å². The summed E-state index contributed by atoms with van der Waals surface area (Å²) in [6.07, 6.45) is 5.38. The highest BCUT2D eigenvalue weighted by Crippen LogP contribution is 2.23. The lowest BCUT2D eigenvalue weighted by molar-refractivity contribution is 0.0469. The second-order valence-corrected chi connectivity index (χ2v) is 6.79. The monoisotopic (exact) mass is 366 g/mol. The predicted molar refractivity (Wildman–Crippen MR) is 97.8 cm³/mol. The highest BCUT2D eigenvalue weighted by atomic mass is 16.5. The summed E-state index contributed by atoms with van der Waals surface area (Å²) < 4.78 is 9.63. The summed E-state index contributed by atoms with van der Waals surface area (Å²) in [5.41, 5.74) is 3.32. The number of pyridine rings is 1. The number of amides is 1. The normalized spacial score (nSPS) is 16.4. The van der Waals surface area contributed by atoms with E-state index in [0.29, 0.717) is 32.0 Å². The number of aromatic nitrogens is 5. The van der Waals surface area contributed by atoms with Crippen LogP contribution >= 0.6 is 0 Å². The Labute approximate surface area is 157 Å². The van der Waals surface area contributed by atoms with Gasteiger partial charge in [-0.2, -0.15) is 5.10 Å². The van der Waals surface area contributed by atoms with E-state index < -0.39 is 0 Å². The molecule has 1 aliphatic heterocycles. The molecule has 8 nitrogen and oxygen atoms in total. The number of hydrogen-bond donors (Lipinski definition) is 0. The van der Waals surface area contributed by atoms with Crippen LogP contribution in [0.4, 0.5) is 0 Å². The van der Waals surface area contributed by atoms with Crippen LogP contribution in [0, 0.1) is 6.92 Å². The van der Waals surface area contributed by atoms with Gasteiger partial charge in [0.2, 0.25) is 0 Å². The molecule has 8 heteroatoms. The van der Waals surface area contributed by atoms with Crippen molar-refractivity contribution in [3.8, 4) is 0 Å². The van der Waals surface area contributed by atoms with Crippen LogP contribution in [-0.2, 0) is 24.9 Å². The maximum Gasteiger partial charge on any atom is 0.274 e. The van der Waals surface area contributed by atoms with Crippen LogP contribution in [0.25, 0.3) is 0 Å². The van der Waals surface area contributed by atoms with Crippen molar-refractivity contribution in [3.05, 3.63) is 65.8 Å². The zero-order valence-corrected chi connectivity index (χ0v) is 15.4. The molecule has 140 valence electrons. The number of fused-ring (bicyclic) bond motifs is 1. The molecule has 1 atom stereocenters. The van der Waals surface area contributed by atoms with Gasteiger partial charge in [0.15, 0.2) is 0 Å². The molecule has 0 saturated heterocycles. The standard InChI is InChI=1S/C19H22N6O2/c1-14-4-3-5-15(21-14)11-27-12-17-10-24(9-16-8-20-13-25(16)17)19(26)18-6-7-23(2)22-18/h3-8,13,17H,9-12H2,1-2H3/t17-/m1/s1. The van der Waals surface area contributed by atoms with Gasteiger partial charge >= 0.3 is 0 Å². The number of imidazole rings is 1. The zero-order valence-electron chi connectivity index (χ0n) is 15.4. The third kappa shape index (κ3) is 3.75. The minimum Gasteiger partial charge on any atom is -0.373 e. The molecule has 1 aliphatic rings. The van der Waals surface area contributed by atoms with Crippen molar-refractivity contribution in [2.24, 2.45) is 7.05 Å². The first-order valence-electron chi connectivity index (χ1n) is 8.90. The van der Waals surface area contributed by atoms with Gasteiger partial charge in [0, 0.05) is 31.7 Å². The summed E-state index contributed by atoms with van der Waals surface area (Å²) in [6, 6.07) is 7.64. The summed E-state index contributed by atoms with van der Waals surface area (Å²) in [4.78, 5) is 23.3. The van der Waals surface area contributed by atoms with Crippen LogP contribution in [0.2, 0.25) is 0 Å². The van der Waals surface area contributed by atoms with Crippen molar-refractivity contribution in [2.75, 3.05) is 13.2 Å². The fourth-order valence-corrected chi connectivity index (χ4v) is 3.34. The highest BCUT2D eigenvalue weighted by Gasteiger charge is 2.29. The topological polar surface area (TPSA) is 78.1 Å². The second-order valence-electron chi connectivity index (χ2n) is 6.79. The van der Waals surface area contributed by atoms with Gasteiger partial charge in [0.1, 0.15) is 5.69 Å². The van der Waals surface area contributed by atoms with Crippen LogP contribution in [0.5, 0.6) is 0 Å². The maximum absolute atomic E-state index is 12.8. The molecule has 1 amide bonds. The fourth-order valence-electron chi connectivity index (χ4n) is 3.34. The summed E-state index contributed by atoms with van der Waals surface area (Å²) in [7, 11) is 1.80. The summed E-state index contributed by atoms with van der Waals surface area (Å²) in [6.45, 7) is 3.95. The molecular formula is C19H22N6O2. The molecule has 27 heavy (non-hydrogen) atoms. The number of rotatable bonds is 5. The second kappa shape index (κ2) is 7.32. The van der Waals surface area contributed by atoms with E-state index >= 15 is 0 Å². The van der Waals surface area contributed by atoms with Crippen molar-refractivity contribution in [3.63, 3.8) is 0 Å². The van der Waals surface area contributed by atoms with Crippen molar-refractivity contribution in [1.29, 1.82) is 0 Å². The predicted octanol–water partition coefficient (Wildman–Crippen LogP) is 1.73. The first-order valence-corrected chi connectivity index (χ1v) is 8.90. The van der Waals surface area contributed by atoms with Crippen LogP contribution in [0.15, 0.2) is 43.0 Å². The molecule has 0 bridgehead atoms. The Morgan fingerprint density at radius 2 is 2.22 bits per heavy atom. The van der Waals surface area contributed by atoms with Gasteiger partial charge in [0.25, 0.3) is 5.91 Å². The first-order chi connectivity index (χ1) is 13.1. The van der Waals surface area contributed by atoms with Crippen molar-refractivity contribution in [1.82, 2.24) is 29.2 Å². The Hall–Kier alpha value is -3.00. The van der Waals surface area contributed by atoms with Crippen molar-refractivity contribution < 1.29 is 9.53 Å². The van der Waals surface area contributed by atoms with E-state index in [9.17, 15) is 4.79 Å². The SMILES string of the molecule is Cc1cccc(COC[C@H]2CN(C(=O)c3ccn(C)n3)Cc3cncn32)n1. The van der Waals surface area contributed by atoms with E-state index in [4.69, 9.17) is 4.74 Å². The molecule has 4 heterocycles. The molecule has 0 radical (unpaired) electrons. The molecule has 3 aromatic rings. The van der Waals surface area contributed by atoms with Gasteiger partial charge in [-0.05, 0) is 25.1 Å². The van der Waals surface area contributed by atoms with E-state index in [2.05, 4.69) is 19.6 Å². The van der Waals surface area contributed by atoms with Crippen LogP contribution in [0.3, 0.4) is 0 Å². The van der Waals surface area contributed by atoms with Gasteiger partial charge in [-0.1, -0.05) is 6.07 Å². The molecule has 0 aliphatic carbocycles. The van der Waals surface area contributed by atoms with Gasteiger partial charge in [-0.15, -0.1) is 0 Å². The van der Waals surface area contributed by atoms with Crippen LogP contribution in [0.1, 0.15) is 33.6 Å². The van der Waals surface area contributed by atoms with Gasteiger partial charge in [-0.25, -0.2) is 4.98 Å². The number of aryl methyl sites for hydroxylation is 2. The maximum atomic E-state index is 12.8. The van der Waals surface area contributed by atoms with Gasteiger partial charge in [0.05, 0.1) is 43.5 Å². The van der Waals surface area contributed by atoms with Crippen LogP contribution < -0.4 is 0 Å². The summed E-state index contributed by atoms with van der Waals surface area (Å²) in [5.74, 6) is -0.0756. The Bertz CT molecular complexity index is 947. The summed E-state index contributed by atoms with van der Waals surface area (Å²) in [5, 5.41) is 4.23. The van der Waals surface area contributed by atoms with E-state index in [1.54, 1.807) is 41.4 Å². The van der Waals surface area contributed by atoms with Crippen molar-refractivity contribution >= 4 is 5.91 Å². The molecule has 0 unspecified atom stereocenters. The van der Waals surface area contributed by atoms with Crippen LogP contribution in [-0.4, -0.2) is 48.3 Å². The minimum absolute atomic E-state index is 0.00808. The molecule has 0 N–H and O–H groups in total. The number of hydrogen-bond acceptors (Lipinski definition) is 5. The zero-order chi connectivity index (χ0) is 18.8. The first kappa shape index (κ1) is 17.4. The van der Waals surface area contributed by atoms with Gasteiger partial charge in [-0.3, -0.25) is 14.5 Å². The Balaban J connectivity index is 1.44. The Morgan fingerprint density at radius 1 is 1.33 bits per heavy atom. The fraction of sp³-hybridized carbons (Fsp3) is 0.368. The average Bonchev–Trinajstić information content (AvgIpc) is 3.30.